The van der Waals surface area contributed by atoms with E-state index in [1.165, 1.54) is 29.6 Å². The van der Waals surface area contributed by atoms with Gasteiger partial charge in [-0.1, -0.05) is 44.6 Å². The van der Waals surface area contributed by atoms with Crippen LogP contribution >= 0.6 is 0 Å². The second kappa shape index (κ2) is 10.3. The van der Waals surface area contributed by atoms with E-state index in [2.05, 4.69) is 37.0 Å². The summed E-state index contributed by atoms with van der Waals surface area (Å²) in [5, 5.41) is 8.97. The predicted molar refractivity (Wildman–Crippen MR) is 142 cm³/mol. The lowest BCUT2D eigenvalue weighted by atomic mass is 9.47. The molecule has 0 spiro atoms. The smallest absolute Gasteiger partial charge is 0.481 e. The number of pyridine rings is 1. The molecule has 200 valence electrons. The van der Waals surface area contributed by atoms with Crippen molar-refractivity contribution >= 4 is 17.7 Å². The maximum absolute atomic E-state index is 12.3. The summed E-state index contributed by atoms with van der Waals surface area (Å²) in [6.07, 6.45) is 16.5. The van der Waals surface area contributed by atoms with Gasteiger partial charge in [0.25, 0.3) is 0 Å². The third kappa shape index (κ3) is 4.84. The van der Waals surface area contributed by atoms with E-state index < -0.39 is 18.0 Å². The molecule has 0 amide bonds. The number of nitrogens with zero attached hydrogens (tertiary/aromatic N) is 1. The monoisotopic (exact) mass is 507 g/mol. The van der Waals surface area contributed by atoms with Crippen LogP contribution in [-0.2, 0) is 14.3 Å². The minimum Gasteiger partial charge on any atom is -0.481 e. The largest absolute Gasteiger partial charge is 0.508 e. The van der Waals surface area contributed by atoms with Crippen molar-refractivity contribution in [2.24, 2.45) is 34.5 Å². The van der Waals surface area contributed by atoms with Crippen LogP contribution in [0.1, 0.15) is 84.1 Å². The first-order valence-corrected chi connectivity index (χ1v) is 14.1. The van der Waals surface area contributed by atoms with Gasteiger partial charge in [-0.25, -0.2) is 4.79 Å². The lowest BCUT2D eigenvalue weighted by Crippen LogP contribution is -2.50. The van der Waals surface area contributed by atoms with Gasteiger partial charge in [0.1, 0.15) is 6.10 Å². The molecule has 4 aliphatic carbocycles. The van der Waals surface area contributed by atoms with Gasteiger partial charge in [-0.15, -0.1) is 0 Å². The van der Waals surface area contributed by atoms with Crippen molar-refractivity contribution in [3.8, 4) is 0 Å². The zero-order chi connectivity index (χ0) is 26.2. The highest BCUT2D eigenvalue weighted by Crippen LogP contribution is 2.66. The van der Waals surface area contributed by atoms with Gasteiger partial charge in [-0.2, -0.15) is 0 Å². The van der Waals surface area contributed by atoms with E-state index in [1.54, 1.807) is 6.92 Å². The minimum atomic E-state index is -0.823. The molecule has 0 aliphatic heterocycles. The van der Waals surface area contributed by atoms with Crippen molar-refractivity contribution in [3.63, 3.8) is 0 Å². The molecule has 0 bridgehead atoms. The van der Waals surface area contributed by atoms with Gasteiger partial charge in [-0.05, 0) is 97.2 Å². The van der Waals surface area contributed by atoms with Gasteiger partial charge in [0.15, 0.2) is 0 Å². The number of aromatic nitrogens is 1. The molecular formula is C31H41NO5. The number of allylic oxidation sites excluding steroid dienone is 3. The lowest BCUT2D eigenvalue weighted by molar-refractivity contribution is -0.141. The Bertz CT molecular complexity index is 1080. The van der Waals surface area contributed by atoms with E-state index in [-0.39, 0.29) is 23.5 Å². The molecule has 1 aromatic rings. The molecular weight excluding hydrogens is 466 g/mol. The number of aliphatic carboxylic acids is 1. The molecule has 0 saturated heterocycles. The molecule has 0 radical (unpaired) electrons. The van der Waals surface area contributed by atoms with Gasteiger partial charge >= 0.3 is 12.1 Å². The number of carbonyl (C=O) groups is 2. The van der Waals surface area contributed by atoms with Crippen LogP contribution in [0.4, 0.5) is 4.79 Å². The number of hydrogen-bond acceptors (Lipinski definition) is 5. The van der Waals surface area contributed by atoms with Gasteiger partial charge < -0.3 is 14.6 Å². The van der Waals surface area contributed by atoms with Crippen LogP contribution in [0.15, 0.2) is 42.3 Å². The summed E-state index contributed by atoms with van der Waals surface area (Å²) in [4.78, 5) is 27.6. The Morgan fingerprint density at radius 1 is 1.14 bits per heavy atom. The van der Waals surface area contributed by atoms with Gasteiger partial charge in [0, 0.05) is 18.8 Å². The predicted octanol–water partition coefficient (Wildman–Crippen LogP) is 7.06. The Hall–Kier alpha value is -2.63. The van der Waals surface area contributed by atoms with E-state index >= 15 is 0 Å². The molecule has 2 fully saturated rings. The van der Waals surface area contributed by atoms with E-state index in [0.717, 1.165) is 32.1 Å². The number of carboxylic acids is 1. The van der Waals surface area contributed by atoms with Crippen molar-refractivity contribution < 1.29 is 24.2 Å². The number of ether oxygens (including phenoxy) is 2. The average molecular weight is 508 g/mol. The molecule has 7 atom stereocenters. The van der Waals surface area contributed by atoms with E-state index in [9.17, 15) is 9.59 Å². The Balaban J connectivity index is 1.19. The van der Waals surface area contributed by atoms with Crippen molar-refractivity contribution in [1.82, 2.24) is 4.98 Å². The minimum absolute atomic E-state index is 0.138. The van der Waals surface area contributed by atoms with Gasteiger partial charge in [-0.3, -0.25) is 9.78 Å². The molecule has 1 unspecified atom stereocenters. The summed E-state index contributed by atoms with van der Waals surface area (Å²) in [6, 6.07) is 4.26. The number of carbonyl (C=O) groups excluding carboxylic acids is 1. The van der Waals surface area contributed by atoms with Crippen molar-refractivity contribution in [3.05, 3.63) is 47.8 Å². The quantitative estimate of drug-likeness (QED) is 0.242. The first-order valence-electron chi connectivity index (χ1n) is 14.1. The van der Waals surface area contributed by atoms with Crippen molar-refractivity contribution in [2.75, 3.05) is 6.61 Å². The Morgan fingerprint density at radius 3 is 2.70 bits per heavy atom. The Morgan fingerprint density at radius 2 is 1.95 bits per heavy atom. The summed E-state index contributed by atoms with van der Waals surface area (Å²) in [6.45, 7) is 6.81. The summed E-state index contributed by atoms with van der Waals surface area (Å²) < 4.78 is 10.9. The van der Waals surface area contributed by atoms with Gasteiger partial charge in [0.05, 0.1) is 12.5 Å². The molecule has 4 aliphatic rings. The highest BCUT2D eigenvalue weighted by atomic mass is 16.7. The number of hydrogen-bond donors (Lipinski definition) is 1. The summed E-state index contributed by atoms with van der Waals surface area (Å²) in [5.41, 5.74) is 4.65. The summed E-state index contributed by atoms with van der Waals surface area (Å²) >= 11 is 0. The summed E-state index contributed by atoms with van der Waals surface area (Å²) in [7, 11) is 0. The third-order valence-electron chi connectivity index (χ3n) is 10.3. The fourth-order valence-electron chi connectivity index (χ4n) is 8.10. The second-order valence-electron chi connectivity index (χ2n) is 12.3. The molecule has 1 aromatic heterocycles. The number of carboxylic acid groups (broad SMARTS) is 1. The topological polar surface area (TPSA) is 85.7 Å². The summed E-state index contributed by atoms with van der Waals surface area (Å²) in [5.74, 6) is 0.780. The Kier molecular flexibility index (Phi) is 7.21. The van der Waals surface area contributed by atoms with E-state index in [0.29, 0.717) is 30.6 Å². The van der Waals surface area contributed by atoms with Crippen molar-refractivity contribution in [1.29, 1.82) is 0 Å². The highest BCUT2D eigenvalue weighted by Gasteiger charge is 2.57. The zero-order valence-corrected chi connectivity index (χ0v) is 22.4. The fraction of sp³-hybridized carbons (Fsp3) is 0.645. The van der Waals surface area contributed by atoms with Crippen LogP contribution in [0, 0.1) is 34.5 Å². The van der Waals surface area contributed by atoms with E-state index in [4.69, 9.17) is 14.6 Å². The van der Waals surface area contributed by atoms with Crippen LogP contribution in [0.3, 0.4) is 0 Å². The van der Waals surface area contributed by atoms with Crippen LogP contribution in [0.2, 0.25) is 0 Å². The maximum atomic E-state index is 12.3. The van der Waals surface area contributed by atoms with Gasteiger partial charge in [0.2, 0.25) is 0 Å². The standard InChI is InChI=1S/C31H41NO5/c1-20(28(33)34)6-5-17-36-29(35)37-23-12-14-30(2)22(18-23)8-9-24-26-11-10-25(21-7-4-16-32-19-21)31(26,3)15-13-27(24)30/h4,7-8,10,16,19-20,23-24,26-27H,5-6,9,11-15,17-18H2,1-3H3,(H,33,34)/t20?,23-,24-,26-,27-,30-,31+/m0/s1. The molecule has 0 aromatic carbocycles. The van der Waals surface area contributed by atoms with Crippen molar-refractivity contribution in [2.45, 2.75) is 84.7 Å². The molecule has 37 heavy (non-hydrogen) atoms. The molecule has 6 nitrogen and oxygen atoms in total. The van der Waals surface area contributed by atoms with Crippen LogP contribution in [-0.4, -0.2) is 34.9 Å². The molecule has 1 N–H and O–H groups in total. The molecule has 2 saturated carbocycles. The maximum Gasteiger partial charge on any atom is 0.508 e. The molecule has 6 heteroatoms. The first kappa shape index (κ1) is 26.0. The average Bonchev–Trinajstić information content (AvgIpc) is 3.24. The van der Waals surface area contributed by atoms with E-state index in [1.807, 2.05) is 18.5 Å². The second-order valence-corrected chi connectivity index (χ2v) is 12.3. The third-order valence-corrected chi connectivity index (χ3v) is 10.3. The number of fused-ring (bicyclic) bond motifs is 5. The lowest BCUT2D eigenvalue weighted by Gasteiger charge is -2.57. The zero-order valence-electron chi connectivity index (χ0n) is 22.4. The fourth-order valence-corrected chi connectivity index (χ4v) is 8.10. The normalized spacial score (nSPS) is 35.2. The molecule has 5 rings (SSSR count). The SMILES string of the molecule is CC(CCCOC(=O)O[C@H]1CC[C@@]2(C)C(=CC[C@@H]3[C@@H]2CC[C@]2(C)C(c4cccnc4)=CC[C@@H]32)C1)C(=O)O. The first-order chi connectivity index (χ1) is 17.7. The Labute approximate surface area is 220 Å². The van der Waals surface area contributed by atoms with Crippen LogP contribution in [0.25, 0.3) is 5.57 Å². The number of rotatable bonds is 7. The van der Waals surface area contributed by atoms with Crippen LogP contribution < -0.4 is 0 Å². The highest BCUT2D eigenvalue weighted by molar-refractivity contribution is 5.72. The van der Waals surface area contributed by atoms with Crippen LogP contribution in [0.5, 0.6) is 0 Å². The molecule has 1 heterocycles.